The van der Waals surface area contributed by atoms with Gasteiger partial charge in [-0.05, 0) is 42.8 Å². The molecule has 2 heterocycles. The van der Waals surface area contributed by atoms with Crippen LogP contribution in [0.4, 0.5) is 0 Å². The fourth-order valence-electron chi connectivity index (χ4n) is 2.35. The van der Waals surface area contributed by atoms with Gasteiger partial charge in [0.05, 0.1) is 6.54 Å². The standard InChI is InChI=1S/C16H17N3O2S/c1-10-13(11(2)19-16(21)14(10)8-17)5-6-15(20)18-9-12-4-3-7-22-12/h3-4,7H,5-6,9H2,1-2H3,(H,18,20)(H,19,21). The monoisotopic (exact) mass is 315 g/mol. The van der Waals surface area contributed by atoms with Crippen molar-refractivity contribution in [1.82, 2.24) is 10.3 Å². The second-order valence-corrected chi connectivity index (χ2v) is 6.06. The first kappa shape index (κ1) is 16.0. The molecule has 2 aromatic heterocycles. The van der Waals surface area contributed by atoms with Gasteiger partial charge in [-0.15, -0.1) is 11.3 Å². The number of aromatic amines is 1. The number of nitrogens with zero attached hydrogens (tertiary/aromatic N) is 1. The van der Waals surface area contributed by atoms with E-state index in [0.29, 0.717) is 30.6 Å². The molecule has 5 nitrogen and oxygen atoms in total. The van der Waals surface area contributed by atoms with Gasteiger partial charge in [0.15, 0.2) is 0 Å². The summed E-state index contributed by atoms with van der Waals surface area (Å²) in [7, 11) is 0. The second-order valence-electron chi connectivity index (χ2n) is 5.03. The van der Waals surface area contributed by atoms with Gasteiger partial charge in [-0.1, -0.05) is 6.07 Å². The lowest BCUT2D eigenvalue weighted by Crippen LogP contribution is -2.23. The zero-order valence-electron chi connectivity index (χ0n) is 12.5. The molecule has 1 amide bonds. The molecule has 0 saturated heterocycles. The molecule has 0 aromatic carbocycles. The Morgan fingerprint density at radius 3 is 2.86 bits per heavy atom. The highest BCUT2D eigenvalue weighted by Gasteiger charge is 2.13. The average molecular weight is 315 g/mol. The molecule has 0 aliphatic heterocycles. The maximum absolute atomic E-state index is 11.9. The van der Waals surface area contributed by atoms with E-state index < -0.39 is 0 Å². The topological polar surface area (TPSA) is 85.8 Å². The number of aryl methyl sites for hydroxylation is 1. The summed E-state index contributed by atoms with van der Waals surface area (Å²) in [6.07, 6.45) is 0.823. The molecule has 6 heteroatoms. The molecule has 0 aliphatic rings. The van der Waals surface area contributed by atoms with Crippen LogP contribution in [0.1, 0.15) is 33.7 Å². The van der Waals surface area contributed by atoms with Gasteiger partial charge >= 0.3 is 0 Å². The Labute approximate surface area is 132 Å². The Bertz CT molecular complexity index is 770. The van der Waals surface area contributed by atoms with Crippen molar-refractivity contribution in [3.05, 3.63) is 55.1 Å². The Hall–Kier alpha value is -2.39. The van der Waals surface area contributed by atoms with Gasteiger partial charge in [-0.3, -0.25) is 9.59 Å². The van der Waals surface area contributed by atoms with E-state index in [-0.39, 0.29) is 17.0 Å². The summed E-state index contributed by atoms with van der Waals surface area (Å²) in [6.45, 7) is 4.07. The predicted octanol–water partition coefficient (Wildman–Crippen LogP) is 2.17. The van der Waals surface area contributed by atoms with Crippen LogP contribution in [0.15, 0.2) is 22.3 Å². The Balaban J connectivity index is 2.01. The number of pyridine rings is 1. The van der Waals surface area contributed by atoms with Crippen LogP contribution in [0.5, 0.6) is 0 Å². The van der Waals surface area contributed by atoms with Gasteiger partial charge in [0.25, 0.3) is 5.56 Å². The van der Waals surface area contributed by atoms with Gasteiger partial charge in [-0.2, -0.15) is 5.26 Å². The van der Waals surface area contributed by atoms with E-state index in [1.54, 1.807) is 25.2 Å². The Morgan fingerprint density at radius 1 is 1.45 bits per heavy atom. The van der Waals surface area contributed by atoms with E-state index in [9.17, 15) is 9.59 Å². The lowest BCUT2D eigenvalue weighted by atomic mass is 9.99. The third-order valence-electron chi connectivity index (χ3n) is 3.56. The zero-order chi connectivity index (χ0) is 16.1. The van der Waals surface area contributed by atoms with Crippen molar-refractivity contribution >= 4 is 17.2 Å². The average Bonchev–Trinajstić information content (AvgIpc) is 2.98. The maximum atomic E-state index is 11.9. The number of nitrogens with one attached hydrogen (secondary N) is 2. The number of H-pyrrole nitrogens is 1. The summed E-state index contributed by atoms with van der Waals surface area (Å²) in [5.74, 6) is -0.0445. The molecular weight excluding hydrogens is 298 g/mol. The van der Waals surface area contributed by atoms with Gasteiger partial charge in [-0.25, -0.2) is 0 Å². The third kappa shape index (κ3) is 3.62. The molecule has 22 heavy (non-hydrogen) atoms. The highest BCUT2D eigenvalue weighted by Crippen LogP contribution is 2.15. The van der Waals surface area contributed by atoms with Crippen LogP contribution in [0, 0.1) is 25.2 Å². The van der Waals surface area contributed by atoms with Crippen LogP contribution >= 0.6 is 11.3 Å². The van der Waals surface area contributed by atoms with E-state index in [0.717, 1.165) is 10.4 Å². The fourth-order valence-corrected chi connectivity index (χ4v) is 2.99. The Kier molecular flexibility index (Phi) is 5.12. The quantitative estimate of drug-likeness (QED) is 0.886. The zero-order valence-corrected chi connectivity index (χ0v) is 13.3. The van der Waals surface area contributed by atoms with Crippen LogP contribution in [-0.4, -0.2) is 10.9 Å². The van der Waals surface area contributed by atoms with E-state index >= 15 is 0 Å². The lowest BCUT2D eigenvalue weighted by molar-refractivity contribution is -0.121. The van der Waals surface area contributed by atoms with Crippen molar-refractivity contribution in [2.45, 2.75) is 33.2 Å². The second kappa shape index (κ2) is 7.05. The first-order valence-electron chi connectivity index (χ1n) is 6.94. The van der Waals surface area contributed by atoms with Crippen molar-refractivity contribution in [2.75, 3.05) is 0 Å². The first-order chi connectivity index (χ1) is 10.5. The van der Waals surface area contributed by atoms with Crippen molar-refractivity contribution in [1.29, 1.82) is 5.26 Å². The number of aromatic nitrogens is 1. The highest BCUT2D eigenvalue weighted by atomic mass is 32.1. The maximum Gasteiger partial charge on any atom is 0.266 e. The number of hydrogen-bond donors (Lipinski definition) is 2. The molecular formula is C16H17N3O2S. The number of rotatable bonds is 5. The number of hydrogen-bond acceptors (Lipinski definition) is 4. The van der Waals surface area contributed by atoms with Gasteiger partial charge in [0.2, 0.25) is 5.91 Å². The molecule has 0 unspecified atom stereocenters. The van der Waals surface area contributed by atoms with Crippen LogP contribution in [0.2, 0.25) is 0 Å². The van der Waals surface area contributed by atoms with Crippen molar-refractivity contribution in [3.8, 4) is 6.07 Å². The molecule has 2 aromatic rings. The largest absolute Gasteiger partial charge is 0.351 e. The first-order valence-corrected chi connectivity index (χ1v) is 7.82. The van der Waals surface area contributed by atoms with Gasteiger partial charge in [0.1, 0.15) is 11.6 Å². The number of thiophene rings is 1. The van der Waals surface area contributed by atoms with Crippen LogP contribution in [0.3, 0.4) is 0 Å². The molecule has 0 aliphatic carbocycles. The molecule has 0 bridgehead atoms. The minimum Gasteiger partial charge on any atom is -0.351 e. The number of carbonyl (C=O) groups excluding carboxylic acids is 1. The summed E-state index contributed by atoms with van der Waals surface area (Å²) in [6, 6.07) is 5.84. The molecule has 0 radical (unpaired) electrons. The molecule has 0 fully saturated rings. The summed E-state index contributed by atoms with van der Waals surface area (Å²) in [5, 5.41) is 13.9. The molecule has 0 spiro atoms. The minimum atomic E-state index is -0.372. The SMILES string of the molecule is Cc1[nH]c(=O)c(C#N)c(C)c1CCC(=O)NCc1cccs1. The van der Waals surface area contributed by atoms with E-state index in [2.05, 4.69) is 10.3 Å². The molecule has 0 atom stereocenters. The number of nitriles is 1. The number of carbonyl (C=O) groups is 1. The Morgan fingerprint density at radius 2 is 2.23 bits per heavy atom. The normalized spacial score (nSPS) is 10.2. The van der Waals surface area contributed by atoms with Crippen molar-refractivity contribution in [2.24, 2.45) is 0 Å². The van der Waals surface area contributed by atoms with E-state index in [4.69, 9.17) is 5.26 Å². The van der Waals surface area contributed by atoms with Gasteiger partial charge < -0.3 is 10.3 Å². The molecule has 114 valence electrons. The smallest absolute Gasteiger partial charge is 0.266 e. The van der Waals surface area contributed by atoms with Gasteiger partial charge in [0, 0.05) is 17.0 Å². The molecule has 0 saturated carbocycles. The lowest BCUT2D eigenvalue weighted by Gasteiger charge is -2.10. The third-order valence-corrected chi connectivity index (χ3v) is 4.44. The predicted molar refractivity (Wildman–Crippen MR) is 85.7 cm³/mol. The molecule has 2 N–H and O–H groups in total. The van der Waals surface area contributed by atoms with E-state index in [1.165, 1.54) is 0 Å². The summed E-state index contributed by atoms with van der Waals surface area (Å²) in [4.78, 5) is 27.3. The summed E-state index contributed by atoms with van der Waals surface area (Å²) >= 11 is 1.60. The van der Waals surface area contributed by atoms with Crippen LogP contribution < -0.4 is 10.9 Å². The van der Waals surface area contributed by atoms with Crippen LogP contribution in [-0.2, 0) is 17.8 Å². The van der Waals surface area contributed by atoms with E-state index in [1.807, 2.05) is 23.6 Å². The minimum absolute atomic E-state index is 0.0445. The number of amides is 1. The molecule has 2 rings (SSSR count). The summed E-state index contributed by atoms with van der Waals surface area (Å²) < 4.78 is 0. The van der Waals surface area contributed by atoms with Crippen molar-refractivity contribution in [3.63, 3.8) is 0 Å². The van der Waals surface area contributed by atoms with Crippen LogP contribution in [0.25, 0.3) is 0 Å². The highest BCUT2D eigenvalue weighted by molar-refractivity contribution is 7.09. The fraction of sp³-hybridized carbons (Fsp3) is 0.312. The van der Waals surface area contributed by atoms with Crippen molar-refractivity contribution < 1.29 is 4.79 Å². The summed E-state index contributed by atoms with van der Waals surface area (Å²) in [5.41, 5.74) is 1.99.